The number of benzene rings is 1. The quantitative estimate of drug-likeness (QED) is 0.821. The summed E-state index contributed by atoms with van der Waals surface area (Å²) < 4.78 is 27.8. The molecule has 0 aliphatic carbocycles. The fraction of sp³-hybridized carbons (Fsp3) is 0.462. The molecule has 0 radical (unpaired) electrons. The minimum atomic E-state index is -1.28. The van der Waals surface area contributed by atoms with Crippen LogP contribution in [0.4, 0.5) is 14.5 Å². The van der Waals surface area contributed by atoms with Crippen molar-refractivity contribution in [1.29, 1.82) is 0 Å². The molecular formula is C13H17F2N3S. The Balaban J connectivity index is 2.65. The van der Waals surface area contributed by atoms with Gasteiger partial charge in [0, 0.05) is 22.4 Å². The SMILES string of the molecule is C[C@@H]1SC(N)=N[C@](CF)(c2cc(N)ccc2F)[C@@H]1C. The number of thioether (sulfide) groups is 1. The highest BCUT2D eigenvalue weighted by Gasteiger charge is 2.46. The van der Waals surface area contributed by atoms with Crippen LogP contribution in [0, 0.1) is 11.7 Å². The highest BCUT2D eigenvalue weighted by atomic mass is 32.2. The van der Waals surface area contributed by atoms with Crippen LogP contribution in [0.25, 0.3) is 0 Å². The molecule has 0 saturated carbocycles. The van der Waals surface area contributed by atoms with Crippen LogP contribution in [-0.2, 0) is 5.54 Å². The van der Waals surface area contributed by atoms with Gasteiger partial charge < -0.3 is 11.5 Å². The van der Waals surface area contributed by atoms with Crippen molar-refractivity contribution in [2.75, 3.05) is 12.4 Å². The first kappa shape index (κ1) is 14.1. The molecule has 4 N–H and O–H groups in total. The first-order chi connectivity index (χ1) is 8.90. The molecule has 19 heavy (non-hydrogen) atoms. The molecule has 0 fully saturated rings. The average Bonchev–Trinajstić information content (AvgIpc) is 2.37. The van der Waals surface area contributed by atoms with E-state index in [4.69, 9.17) is 11.5 Å². The van der Waals surface area contributed by atoms with Gasteiger partial charge in [-0.2, -0.15) is 0 Å². The van der Waals surface area contributed by atoms with Crippen molar-refractivity contribution in [1.82, 2.24) is 0 Å². The zero-order chi connectivity index (χ0) is 14.2. The molecule has 0 aromatic heterocycles. The van der Waals surface area contributed by atoms with Crippen molar-refractivity contribution < 1.29 is 8.78 Å². The lowest BCUT2D eigenvalue weighted by Crippen LogP contribution is -2.44. The molecule has 0 amide bonds. The smallest absolute Gasteiger partial charge is 0.155 e. The number of nitrogens with two attached hydrogens (primary N) is 2. The van der Waals surface area contributed by atoms with Gasteiger partial charge in [0.25, 0.3) is 0 Å². The third kappa shape index (κ3) is 2.29. The van der Waals surface area contributed by atoms with Crippen molar-refractivity contribution in [2.45, 2.75) is 24.6 Å². The van der Waals surface area contributed by atoms with Gasteiger partial charge in [0.15, 0.2) is 5.17 Å². The molecule has 0 saturated heterocycles. The molecule has 0 unspecified atom stereocenters. The minimum Gasteiger partial charge on any atom is -0.399 e. The second-order valence-electron chi connectivity index (χ2n) is 4.86. The van der Waals surface area contributed by atoms with Gasteiger partial charge in [-0.05, 0) is 18.2 Å². The molecule has 3 nitrogen and oxygen atoms in total. The summed E-state index contributed by atoms with van der Waals surface area (Å²) in [6.45, 7) is 2.99. The summed E-state index contributed by atoms with van der Waals surface area (Å²) >= 11 is 1.38. The highest BCUT2D eigenvalue weighted by molar-refractivity contribution is 8.14. The Bertz CT molecular complexity index is 521. The van der Waals surface area contributed by atoms with Gasteiger partial charge in [-0.15, -0.1) is 0 Å². The van der Waals surface area contributed by atoms with E-state index in [0.717, 1.165) is 0 Å². The summed E-state index contributed by atoms with van der Waals surface area (Å²) in [7, 11) is 0. The lowest BCUT2D eigenvalue weighted by Gasteiger charge is -2.40. The van der Waals surface area contributed by atoms with Crippen molar-refractivity contribution in [3.05, 3.63) is 29.6 Å². The van der Waals surface area contributed by atoms with Gasteiger partial charge in [-0.3, -0.25) is 0 Å². The van der Waals surface area contributed by atoms with E-state index in [0.29, 0.717) is 5.69 Å². The number of halogens is 2. The molecule has 0 spiro atoms. The lowest BCUT2D eigenvalue weighted by atomic mass is 9.78. The molecular weight excluding hydrogens is 268 g/mol. The Kier molecular flexibility index (Phi) is 3.71. The van der Waals surface area contributed by atoms with Crippen LogP contribution in [-0.4, -0.2) is 17.1 Å². The maximum absolute atomic E-state index is 14.1. The number of aliphatic imine (C=N–C) groups is 1. The predicted octanol–water partition coefficient (Wildman–Crippen LogP) is 2.66. The van der Waals surface area contributed by atoms with Gasteiger partial charge in [0.05, 0.1) is 0 Å². The molecule has 1 aromatic carbocycles. The Morgan fingerprint density at radius 2 is 2.05 bits per heavy atom. The number of nitrogens with zero attached hydrogens (tertiary/aromatic N) is 1. The van der Waals surface area contributed by atoms with Gasteiger partial charge in [0.1, 0.15) is 18.0 Å². The van der Waals surface area contributed by atoms with Crippen LogP contribution in [0.15, 0.2) is 23.2 Å². The maximum atomic E-state index is 14.1. The fourth-order valence-electron chi connectivity index (χ4n) is 2.41. The summed E-state index contributed by atoms with van der Waals surface area (Å²) in [6, 6.07) is 4.14. The molecule has 104 valence electrons. The van der Waals surface area contributed by atoms with Gasteiger partial charge in [-0.25, -0.2) is 13.8 Å². The third-order valence-corrected chi connectivity index (χ3v) is 4.85. The van der Waals surface area contributed by atoms with Crippen molar-refractivity contribution >= 4 is 22.6 Å². The van der Waals surface area contributed by atoms with Crippen LogP contribution in [0.1, 0.15) is 19.4 Å². The van der Waals surface area contributed by atoms with Crippen LogP contribution in [0.3, 0.4) is 0 Å². The van der Waals surface area contributed by atoms with Gasteiger partial charge in [-0.1, -0.05) is 25.6 Å². The number of hydrogen-bond donors (Lipinski definition) is 2. The Morgan fingerprint density at radius 1 is 1.37 bits per heavy atom. The number of amidine groups is 1. The van der Waals surface area contributed by atoms with Crippen molar-refractivity contribution in [2.24, 2.45) is 16.6 Å². The standard InChI is InChI=1S/C13H17F2N3S/c1-7-8(2)19-12(17)18-13(7,6-14)10-5-9(16)3-4-11(10)15/h3-5,7-8H,6,16H2,1-2H3,(H2,17,18)/t7-,8+,13+/m1/s1. The average molecular weight is 285 g/mol. The number of nitrogen functional groups attached to an aromatic ring is 1. The van der Waals surface area contributed by atoms with Gasteiger partial charge >= 0.3 is 0 Å². The monoisotopic (exact) mass is 285 g/mol. The predicted molar refractivity (Wildman–Crippen MR) is 76.3 cm³/mol. The van der Waals surface area contributed by atoms with Crippen molar-refractivity contribution in [3.8, 4) is 0 Å². The van der Waals surface area contributed by atoms with E-state index in [-0.39, 0.29) is 21.9 Å². The van der Waals surface area contributed by atoms with Crippen LogP contribution in [0.2, 0.25) is 0 Å². The lowest BCUT2D eigenvalue weighted by molar-refractivity contribution is 0.217. The molecule has 1 heterocycles. The van der Waals surface area contributed by atoms with Crippen LogP contribution < -0.4 is 11.5 Å². The summed E-state index contributed by atoms with van der Waals surface area (Å²) in [5.74, 6) is -0.694. The maximum Gasteiger partial charge on any atom is 0.155 e. The van der Waals surface area contributed by atoms with E-state index < -0.39 is 18.0 Å². The molecule has 1 aliphatic heterocycles. The van der Waals surface area contributed by atoms with E-state index in [1.54, 1.807) is 0 Å². The Labute approximate surface area is 115 Å². The van der Waals surface area contributed by atoms with Crippen molar-refractivity contribution in [3.63, 3.8) is 0 Å². The largest absolute Gasteiger partial charge is 0.399 e. The zero-order valence-corrected chi connectivity index (χ0v) is 11.7. The van der Waals surface area contributed by atoms with Crippen LogP contribution in [0.5, 0.6) is 0 Å². The first-order valence-corrected chi connectivity index (χ1v) is 6.92. The molecule has 6 heteroatoms. The second kappa shape index (κ2) is 5.00. The topological polar surface area (TPSA) is 64.4 Å². The van der Waals surface area contributed by atoms with Gasteiger partial charge in [0.2, 0.25) is 0 Å². The number of hydrogen-bond acceptors (Lipinski definition) is 4. The van der Waals surface area contributed by atoms with E-state index in [9.17, 15) is 8.78 Å². The third-order valence-electron chi connectivity index (χ3n) is 3.73. The van der Waals surface area contributed by atoms with Crippen LogP contribution >= 0.6 is 11.8 Å². The Morgan fingerprint density at radius 3 is 2.68 bits per heavy atom. The van der Waals surface area contributed by atoms with E-state index in [1.807, 2.05) is 13.8 Å². The summed E-state index contributed by atoms with van der Waals surface area (Å²) in [5.41, 5.74) is 10.7. The zero-order valence-electron chi connectivity index (χ0n) is 10.9. The van der Waals surface area contributed by atoms with E-state index >= 15 is 0 Å². The Hall–Kier alpha value is -1.30. The molecule has 0 bridgehead atoms. The number of rotatable bonds is 2. The fourth-order valence-corrected chi connectivity index (χ4v) is 3.44. The number of anilines is 1. The summed E-state index contributed by atoms with van der Waals surface area (Å²) in [5, 5.41) is 0.333. The van der Waals surface area contributed by atoms with E-state index in [1.165, 1.54) is 30.0 Å². The first-order valence-electron chi connectivity index (χ1n) is 6.04. The molecule has 3 atom stereocenters. The van der Waals surface area contributed by atoms with E-state index in [2.05, 4.69) is 4.99 Å². The summed E-state index contributed by atoms with van der Waals surface area (Å²) in [6.07, 6.45) is 0. The summed E-state index contributed by atoms with van der Waals surface area (Å²) in [4.78, 5) is 4.22. The molecule has 2 rings (SSSR count). The second-order valence-corrected chi connectivity index (χ2v) is 6.26. The molecule has 1 aromatic rings. The number of alkyl halides is 1. The molecule has 1 aliphatic rings. The minimum absolute atomic E-state index is 0.0501. The normalized spacial score (nSPS) is 31.1. The highest BCUT2D eigenvalue weighted by Crippen LogP contribution is 2.45.